The van der Waals surface area contributed by atoms with E-state index >= 15 is 0 Å². The highest BCUT2D eigenvalue weighted by molar-refractivity contribution is 7.91. The Morgan fingerprint density at radius 1 is 1.16 bits per heavy atom. The molecule has 0 spiro atoms. The molecule has 4 amide bonds. The predicted octanol–water partition coefficient (Wildman–Crippen LogP) is 3.50. The molecular formula is C36H47N5O9S. The smallest absolute Gasteiger partial charge is 0.405 e. The van der Waals surface area contributed by atoms with Gasteiger partial charge in [0.2, 0.25) is 27.7 Å². The Balaban J connectivity index is 1.33. The van der Waals surface area contributed by atoms with Crippen molar-refractivity contribution in [3.05, 3.63) is 42.6 Å². The molecule has 2 saturated carbocycles. The van der Waals surface area contributed by atoms with E-state index in [0.29, 0.717) is 49.3 Å². The first-order valence-electron chi connectivity index (χ1n) is 17.7. The number of benzene rings is 1. The van der Waals surface area contributed by atoms with E-state index in [1.54, 1.807) is 19.2 Å². The largest absolute Gasteiger partial charge is 0.494 e. The van der Waals surface area contributed by atoms with Crippen molar-refractivity contribution in [1.82, 2.24) is 25.2 Å². The SMILES string of the molecule is CCOc1ccc2c(O[C@@H]3C[C@H]4C(=O)N[C@]5(C(=O)NS(=O)(=O)C6(C)CC6)C[C@H]5/C=C\CC[C@H](C)C[C@@H](C)[C@H](NC(=O)O)C(=O)N4C3)nccc2c1. The molecule has 1 aromatic carbocycles. The predicted molar refractivity (Wildman–Crippen MR) is 187 cm³/mol. The summed E-state index contributed by atoms with van der Waals surface area (Å²) in [7, 11) is -3.99. The molecule has 0 unspecified atom stereocenters. The molecule has 2 aromatic rings. The van der Waals surface area contributed by atoms with Crippen LogP contribution in [0.3, 0.4) is 0 Å². The number of carbonyl (C=O) groups is 4. The van der Waals surface area contributed by atoms with Gasteiger partial charge in [0.15, 0.2) is 0 Å². The highest BCUT2D eigenvalue weighted by atomic mass is 32.2. The number of aromatic nitrogens is 1. The third-order valence-electron chi connectivity index (χ3n) is 10.8. The molecule has 0 bridgehead atoms. The van der Waals surface area contributed by atoms with Gasteiger partial charge in [0, 0.05) is 23.9 Å². The Morgan fingerprint density at radius 3 is 2.63 bits per heavy atom. The van der Waals surface area contributed by atoms with Crippen molar-refractivity contribution in [1.29, 1.82) is 0 Å². The maximum absolute atomic E-state index is 14.3. The summed E-state index contributed by atoms with van der Waals surface area (Å²) in [5.74, 6) is -1.81. The fraction of sp³-hybridized carbons (Fsp3) is 0.583. The highest BCUT2D eigenvalue weighted by Gasteiger charge is 2.63. The normalized spacial score (nSPS) is 31.2. The molecule has 7 atom stereocenters. The van der Waals surface area contributed by atoms with Crippen molar-refractivity contribution in [3.63, 3.8) is 0 Å². The van der Waals surface area contributed by atoms with Gasteiger partial charge in [0.05, 0.1) is 17.9 Å². The summed E-state index contributed by atoms with van der Waals surface area (Å²) in [5.41, 5.74) is -1.53. The molecule has 51 heavy (non-hydrogen) atoms. The molecule has 2 aliphatic heterocycles. The maximum Gasteiger partial charge on any atom is 0.405 e. The second kappa shape index (κ2) is 14.0. The van der Waals surface area contributed by atoms with Crippen LogP contribution in [0, 0.1) is 17.8 Å². The van der Waals surface area contributed by atoms with Crippen LogP contribution in [-0.4, -0.2) is 88.8 Å². The molecule has 3 heterocycles. The Morgan fingerprint density at radius 2 is 1.92 bits per heavy atom. The average molecular weight is 726 g/mol. The number of carbonyl (C=O) groups excluding carboxylic acids is 3. The number of allylic oxidation sites excluding steroid dienone is 1. The van der Waals surface area contributed by atoms with Crippen LogP contribution in [-0.2, 0) is 24.4 Å². The van der Waals surface area contributed by atoms with Gasteiger partial charge in [-0.15, -0.1) is 0 Å². The molecule has 6 rings (SSSR count). The molecule has 276 valence electrons. The summed E-state index contributed by atoms with van der Waals surface area (Å²) in [6, 6.07) is 5.01. The lowest BCUT2D eigenvalue weighted by Crippen LogP contribution is -2.59. The fourth-order valence-corrected chi connectivity index (χ4v) is 8.68. The third kappa shape index (κ3) is 7.49. The van der Waals surface area contributed by atoms with E-state index in [2.05, 4.69) is 20.3 Å². The summed E-state index contributed by atoms with van der Waals surface area (Å²) in [5, 5.41) is 16.5. The van der Waals surface area contributed by atoms with Gasteiger partial charge < -0.3 is 30.1 Å². The van der Waals surface area contributed by atoms with E-state index in [0.717, 1.165) is 11.8 Å². The van der Waals surface area contributed by atoms with Gasteiger partial charge in [-0.2, -0.15) is 0 Å². The van der Waals surface area contributed by atoms with Gasteiger partial charge in [-0.3, -0.25) is 19.1 Å². The van der Waals surface area contributed by atoms with Crippen LogP contribution < -0.4 is 24.8 Å². The van der Waals surface area contributed by atoms with Gasteiger partial charge in [-0.1, -0.05) is 26.0 Å². The van der Waals surface area contributed by atoms with E-state index < -0.39 is 74.1 Å². The van der Waals surface area contributed by atoms with Crippen LogP contribution in [0.5, 0.6) is 11.6 Å². The minimum absolute atomic E-state index is 0.0197. The van der Waals surface area contributed by atoms with Crippen molar-refractivity contribution in [2.45, 2.75) is 101 Å². The zero-order valence-electron chi connectivity index (χ0n) is 29.4. The maximum atomic E-state index is 14.3. The molecule has 1 saturated heterocycles. The molecular weight excluding hydrogens is 678 g/mol. The van der Waals surface area contributed by atoms with Crippen molar-refractivity contribution >= 4 is 44.6 Å². The number of pyridine rings is 1. The number of nitrogens with zero attached hydrogens (tertiary/aromatic N) is 2. The zero-order chi connectivity index (χ0) is 36.7. The van der Waals surface area contributed by atoms with Crippen LogP contribution in [0.25, 0.3) is 10.8 Å². The van der Waals surface area contributed by atoms with Crippen LogP contribution in [0.2, 0.25) is 0 Å². The lowest BCUT2D eigenvalue weighted by molar-refractivity contribution is -0.142. The number of ether oxygens (including phenoxy) is 2. The lowest BCUT2D eigenvalue weighted by atomic mass is 9.88. The van der Waals surface area contributed by atoms with E-state index in [9.17, 15) is 32.7 Å². The van der Waals surface area contributed by atoms with Crippen molar-refractivity contribution in [3.8, 4) is 11.6 Å². The number of hydrogen-bond acceptors (Lipinski definition) is 9. The summed E-state index contributed by atoms with van der Waals surface area (Å²) >= 11 is 0. The molecule has 15 heteroatoms. The Labute approximate surface area is 297 Å². The Kier molecular flexibility index (Phi) is 9.96. The zero-order valence-corrected chi connectivity index (χ0v) is 30.2. The second-order valence-corrected chi connectivity index (χ2v) is 17.0. The number of fused-ring (bicyclic) bond motifs is 3. The van der Waals surface area contributed by atoms with Gasteiger partial charge in [0.1, 0.15) is 29.5 Å². The van der Waals surface area contributed by atoms with Gasteiger partial charge >= 0.3 is 6.09 Å². The van der Waals surface area contributed by atoms with E-state index in [-0.39, 0.29) is 25.3 Å². The quantitative estimate of drug-likeness (QED) is 0.293. The fourth-order valence-electron chi connectivity index (χ4n) is 7.37. The average Bonchev–Trinajstić information content (AvgIpc) is 3.95. The van der Waals surface area contributed by atoms with Gasteiger partial charge in [0.25, 0.3) is 5.91 Å². The number of carboxylic acid groups (broad SMARTS) is 1. The highest BCUT2D eigenvalue weighted by Crippen LogP contribution is 2.47. The molecule has 0 radical (unpaired) electrons. The Hall–Kier alpha value is -4.40. The van der Waals surface area contributed by atoms with Crippen molar-refractivity contribution in [2.75, 3.05) is 13.2 Å². The molecule has 1 aromatic heterocycles. The third-order valence-corrected chi connectivity index (χ3v) is 13.0. The summed E-state index contributed by atoms with van der Waals surface area (Å²) in [6.07, 6.45) is 6.30. The molecule has 2 aliphatic carbocycles. The Bertz CT molecular complexity index is 1850. The number of sulfonamides is 1. The van der Waals surface area contributed by atoms with Crippen LogP contribution in [0.4, 0.5) is 4.79 Å². The standard InChI is InChI=1S/C36H47N5O9S/c1-5-49-25-10-11-27-23(17-25)12-15-37-31(27)50-26-18-28-30(42)39-36(33(44)40-51(47,48)35(4)13-14-35)19-24(36)9-7-6-8-21(2)16-22(3)29(38-34(45)46)32(43)41(28)20-26/h7,9-12,15,17,21-22,24,26,28-29,38H,5-6,8,13-14,16,18-20H2,1-4H3,(H,39,42)(H,40,44)(H,45,46)/b9-7-/t21-,22+,24+,26+,28-,29-,36+/m0/s1. The number of rotatable bonds is 8. The minimum Gasteiger partial charge on any atom is -0.494 e. The van der Waals surface area contributed by atoms with Crippen molar-refractivity contribution in [2.24, 2.45) is 17.8 Å². The van der Waals surface area contributed by atoms with Crippen LogP contribution in [0.1, 0.15) is 72.6 Å². The minimum atomic E-state index is -3.99. The molecule has 4 N–H and O–H groups in total. The summed E-state index contributed by atoms with van der Waals surface area (Å²) in [4.78, 5) is 60.1. The summed E-state index contributed by atoms with van der Waals surface area (Å²) < 4.78 is 39.4. The number of amides is 4. The topological polar surface area (TPSA) is 193 Å². The van der Waals surface area contributed by atoms with E-state index in [1.165, 1.54) is 4.90 Å². The van der Waals surface area contributed by atoms with Crippen LogP contribution >= 0.6 is 0 Å². The second-order valence-electron chi connectivity index (χ2n) is 14.8. The molecule has 3 fully saturated rings. The first-order chi connectivity index (χ1) is 24.2. The molecule has 4 aliphatic rings. The number of hydrogen-bond donors (Lipinski definition) is 4. The lowest BCUT2D eigenvalue weighted by Gasteiger charge is -2.32. The van der Waals surface area contributed by atoms with Crippen molar-refractivity contribution < 1.29 is 42.2 Å². The van der Waals surface area contributed by atoms with Gasteiger partial charge in [-0.25, -0.2) is 18.2 Å². The first kappa shape index (κ1) is 36.4. The number of nitrogens with one attached hydrogen (secondary N) is 3. The first-order valence-corrected chi connectivity index (χ1v) is 19.2. The summed E-state index contributed by atoms with van der Waals surface area (Å²) in [6.45, 7) is 7.76. The van der Waals surface area contributed by atoms with Gasteiger partial charge in [-0.05, 0) is 93.9 Å². The van der Waals surface area contributed by atoms with E-state index in [1.807, 2.05) is 51.1 Å². The monoisotopic (exact) mass is 725 g/mol. The molecule has 14 nitrogen and oxygen atoms in total. The van der Waals surface area contributed by atoms with Crippen LogP contribution in [0.15, 0.2) is 42.6 Å². The van der Waals surface area contributed by atoms with E-state index in [4.69, 9.17) is 9.47 Å².